The third kappa shape index (κ3) is 5.49. The van der Waals surface area contributed by atoms with Crippen LogP contribution in [-0.4, -0.2) is 49.5 Å². The molecule has 0 aliphatic carbocycles. The number of carbonyl (C=O) groups excluding carboxylic acids is 1. The van der Waals surface area contributed by atoms with Crippen LogP contribution in [0.4, 0.5) is 0 Å². The Morgan fingerprint density at radius 1 is 1.21 bits per heavy atom. The Morgan fingerprint density at radius 3 is 2.37 bits per heavy atom. The van der Waals surface area contributed by atoms with Crippen LogP contribution in [-0.2, 0) is 4.79 Å². The molecule has 0 saturated carbocycles. The van der Waals surface area contributed by atoms with Gasteiger partial charge in [-0.25, -0.2) is 0 Å². The van der Waals surface area contributed by atoms with Crippen molar-refractivity contribution in [3.05, 3.63) is 0 Å². The molecule has 1 aliphatic rings. The number of nitrogens with zero attached hydrogens (tertiary/aromatic N) is 2. The van der Waals surface area contributed by atoms with Gasteiger partial charge in [-0.1, -0.05) is 20.8 Å². The summed E-state index contributed by atoms with van der Waals surface area (Å²) in [7, 11) is 0. The highest BCUT2D eigenvalue weighted by molar-refractivity contribution is 5.81. The van der Waals surface area contributed by atoms with E-state index in [0.29, 0.717) is 13.1 Å². The SMILES string of the molecule is CCNC(=NCCNC(=O)C(C)(C)C)N1CCCC1. The largest absolute Gasteiger partial charge is 0.357 e. The van der Waals surface area contributed by atoms with Gasteiger partial charge in [0.15, 0.2) is 5.96 Å². The Labute approximate surface area is 116 Å². The van der Waals surface area contributed by atoms with Crippen molar-refractivity contribution in [2.75, 3.05) is 32.7 Å². The van der Waals surface area contributed by atoms with Gasteiger partial charge < -0.3 is 15.5 Å². The van der Waals surface area contributed by atoms with Crippen molar-refractivity contribution in [1.82, 2.24) is 15.5 Å². The Balaban J connectivity index is 2.37. The summed E-state index contributed by atoms with van der Waals surface area (Å²) in [6, 6.07) is 0. The number of guanidine groups is 1. The zero-order chi connectivity index (χ0) is 14.3. The van der Waals surface area contributed by atoms with Gasteiger partial charge >= 0.3 is 0 Å². The lowest BCUT2D eigenvalue weighted by atomic mass is 9.96. The van der Waals surface area contributed by atoms with Crippen molar-refractivity contribution < 1.29 is 4.79 Å². The van der Waals surface area contributed by atoms with Crippen molar-refractivity contribution in [3.8, 4) is 0 Å². The lowest BCUT2D eigenvalue weighted by Gasteiger charge is -2.21. The van der Waals surface area contributed by atoms with Crippen molar-refractivity contribution in [2.24, 2.45) is 10.4 Å². The molecule has 110 valence electrons. The zero-order valence-electron chi connectivity index (χ0n) is 12.8. The number of likely N-dealkylation sites (tertiary alicyclic amines) is 1. The van der Waals surface area contributed by atoms with Crippen molar-refractivity contribution in [3.63, 3.8) is 0 Å². The summed E-state index contributed by atoms with van der Waals surface area (Å²) in [4.78, 5) is 18.6. The van der Waals surface area contributed by atoms with E-state index in [1.54, 1.807) is 0 Å². The van der Waals surface area contributed by atoms with Gasteiger partial charge in [-0.3, -0.25) is 9.79 Å². The predicted molar refractivity (Wildman–Crippen MR) is 79.3 cm³/mol. The third-order valence-corrected chi connectivity index (χ3v) is 3.08. The number of amides is 1. The second-order valence-electron chi connectivity index (χ2n) is 5.94. The maximum absolute atomic E-state index is 11.7. The number of aliphatic imine (C=N–C) groups is 1. The minimum absolute atomic E-state index is 0.0777. The van der Waals surface area contributed by atoms with E-state index in [9.17, 15) is 4.79 Å². The molecule has 1 aliphatic heterocycles. The first kappa shape index (κ1) is 15.8. The van der Waals surface area contributed by atoms with Gasteiger partial charge in [0.2, 0.25) is 5.91 Å². The smallest absolute Gasteiger partial charge is 0.225 e. The molecular formula is C14H28N4O. The van der Waals surface area contributed by atoms with Crippen LogP contribution in [0, 0.1) is 5.41 Å². The maximum Gasteiger partial charge on any atom is 0.225 e. The quantitative estimate of drug-likeness (QED) is 0.458. The minimum Gasteiger partial charge on any atom is -0.357 e. The van der Waals surface area contributed by atoms with E-state index in [4.69, 9.17) is 0 Å². The molecule has 0 atom stereocenters. The van der Waals surface area contributed by atoms with Crippen molar-refractivity contribution >= 4 is 11.9 Å². The standard InChI is InChI=1S/C14H28N4O/c1-5-15-13(18-10-6-7-11-18)17-9-8-16-12(19)14(2,3)4/h5-11H2,1-4H3,(H,15,17)(H,16,19). The van der Waals surface area contributed by atoms with Gasteiger partial charge in [0.05, 0.1) is 6.54 Å². The van der Waals surface area contributed by atoms with Crippen molar-refractivity contribution in [1.29, 1.82) is 0 Å². The monoisotopic (exact) mass is 268 g/mol. The molecule has 1 amide bonds. The fourth-order valence-corrected chi connectivity index (χ4v) is 1.95. The van der Waals surface area contributed by atoms with E-state index in [0.717, 1.165) is 25.6 Å². The first-order valence-corrected chi connectivity index (χ1v) is 7.26. The third-order valence-electron chi connectivity index (χ3n) is 3.08. The molecule has 0 spiro atoms. The number of carbonyl (C=O) groups is 1. The molecule has 1 fully saturated rings. The van der Waals surface area contributed by atoms with Gasteiger partial charge in [-0.2, -0.15) is 0 Å². The molecule has 2 N–H and O–H groups in total. The molecule has 0 aromatic heterocycles. The molecule has 5 nitrogen and oxygen atoms in total. The summed E-state index contributed by atoms with van der Waals surface area (Å²) in [5.74, 6) is 1.05. The highest BCUT2D eigenvalue weighted by Gasteiger charge is 2.20. The Hall–Kier alpha value is -1.26. The summed E-state index contributed by atoms with van der Waals surface area (Å²) >= 11 is 0. The molecule has 1 rings (SSSR count). The van der Waals surface area contributed by atoms with Crippen LogP contribution >= 0.6 is 0 Å². The van der Waals surface area contributed by atoms with E-state index in [2.05, 4.69) is 27.4 Å². The first-order valence-electron chi connectivity index (χ1n) is 7.26. The van der Waals surface area contributed by atoms with E-state index in [1.165, 1.54) is 12.8 Å². The van der Waals surface area contributed by atoms with E-state index in [1.807, 2.05) is 20.8 Å². The molecular weight excluding hydrogens is 240 g/mol. The zero-order valence-corrected chi connectivity index (χ0v) is 12.8. The molecule has 0 unspecified atom stereocenters. The number of hydrogen-bond donors (Lipinski definition) is 2. The molecule has 0 aromatic rings. The van der Waals surface area contributed by atoms with Crippen molar-refractivity contribution in [2.45, 2.75) is 40.5 Å². The number of hydrogen-bond acceptors (Lipinski definition) is 2. The Bertz CT molecular complexity index is 314. The van der Waals surface area contributed by atoms with Gasteiger partial charge in [-0.05, 0) is 19.8 Å². The highest BCUT2D eigenvalue weighted by atomic mass is 16.2. The second kappa shape index (κ2) is 7.36. The molecule has 19 heavy (non-hydrogen) atoms. The van der Waals surface area contributed by atoms with Gasteiger partial charge in [-0.15, -0.1) is 0 Å². The summed E-state index contributed by atoms with van der Waals surface area (Å²) in [6.07, 6.45) is 2.48. The molecule has 0 aromatic carbocycles. The minimum atomic E-state index is -0.330. The number of rotatable bonds is 4. The fourth-order valence-electron chi connectivity index (χ4n) is 1.95. The van der Waals surface area contributed by atoms with Crippen LogP contribution in [0.3, 0.4) is 0 Å². The Morgan fingerprint density at radius 2 is 1.84 bits per heavy atom. The molecule has 1 saturated heterocycles. The van der Waals surface area contributed by atoms with Crippen LogP contribution in [0.25, 0.3) is 0 Å². The average molecular weight is 268 g/mol. The highest BCUT2D eigenvalue weighted by Crippen LogP contribution is 2.12. The normalized spacial score (nSPS) is 16.6. The van der Waals surface area contributed by atoms with Crippen LogP contribution in [0.1, 0.15) is 40.5 Å². The van der Waals surface area contributed by atoms with Gasteiger partial charge in [0.25, 0.3) is 0 Å². The molecule has 0 radical (unpaired) electrons. The second-order valence-corrected chi connectivity index (χ2v) is 5.94. The van der Waals surface area contributed by atoms with Gasteiger partial charge in [0.1, 0.15) is 0 Å². The summed E-state index contributed by atoms with van der Waals surface area (Å²) in [6.45, 7) is 12.1. The Kier molecular flexibility index (Phi) is 6.12. The van der Waals surface area contributed by atoms with Gasteiger partial charge in [0, 0.05) is 31.6 Å². The fraction of sp³-hybridized carbons (Fsp3) is 0.857. The van der Waals surface area contributed by atoms with E-state index in [-0.39, 0.29) is 11.3 Å². The van der Waals surface area contributed by atoms with Crippen LogP contribution in [0.5, 0.6) is 0 Å². The van der Waals surface area contributed by atoms with E-state index >= 15 is 0 Å². The predicted octanol–water partition coefficient (Wildman–Crippen LogP) is 1.21. The lowest BCUT2D eigenvalue weighted by Crippen LogP contribution is -2.40. The lowest BCUT2D eigenvalue weighted by molar-refractivity contribution is -0.128. The molecule has 5 heteroatoms. The van der Waals surface area contributed by atoms with Crippen LogP contribution in [0.2, 0.25) is 0 Å². The van der Waals surface area contributed by atoms with Crippen LogP contribution in [0.15, 0.2) is 4.99 Å². The number of nitrogens with one attached hydrogen (secondary N) is 2. The first-order chi connectivity index (χ1) is 8.95. The van der Waals surface area contributed by atoms with E-state index < -0.39 is 0 Å². The van der Waals surface area contributed by atoms with Crippen LogP contribution < -0.4 is 10.6 Å². The maximum atomic E-state index is 11.7. The average Bonchev–Trinajstić information content (AvgIpc) is 2.85. The molecule has 0 bridgehead atoms. The summed E-state index contributed by atoms with van der Waals surface area (Å²) in [5.41, 5.74) is -0.330. The topological polar surface area (TPSA) is 56.7 Å². The molecule has 1 heterocycles. The summed E-state index contributed by atoms with van der Waals surface area (Å²) in [5, 5.41) is 6.22. The summed E-state index contributed by atoms with van der Waals surface area (Å²) < 4.78 is 0.